The summed E-state index contributed by atoms with van der Waals surface area (Å²) < 4.78 is 32.5. The minimum Gasteiger partial charge on any atom is -0.368 e. The lowest BCUT2D eigenvalue weighted by molar-refractivity contribution is -0.132. The maximum atomic E-state index is 15.1. The van der Waals surface area contributed by atoms with E-state index in [1.165, 1.54) is 29.7 Å². The number of hydrogen-bond acceptors (Lipinski definition) is 7. The van der Waals surface area contributed by atoms with Gasteiger partial charge in [0.2, 0.25) is 17.7 Å². The van der Waals surface area contributed by atoms with Crippen LogP contribution in [0.4, 0.5) is 20.2 Å². The Kier molecular flexibility index (Phi) is 10.6. The average molecular weight is 811 g/mol. The number of benzene rings is 3. The molecule has 0 radical (unpaired) electrons. The summed E-state index contributed by atoms with van der Waals surface area (Å²) in [4.78, 5) is 62.6. The number of hydrogen-bond donors (Lipinski definition) is 0. The van der Waals surface area contributed by atoms with Crippen molar-refractivity contribution in [1.82, 2.24) is 19.4 Å². The summed E-state index contributed by atoms with van der Waals surface area (Å²) in [7, 11) is 0. The Morgan fingerprint density at radius 2 is 1.53 bits per heavy atom. The largest absolute Gasteiger partial charge is 0.368 e. The van der Waals surface area contributed by atoms with Crippen molar-refractivity contribution in [3.05, 3.63) is 92.5 Å². The second-order valence-electron chi connectivity index (χ2n) is 16.8. The zero-order valence-corrected chi connectivity index (χ0v) is 33.5. The van der Waals surface area contributed by atoms with Crippen molar-refractivity contribution in [3.8, 4) is 5.69 Å². The monoisotopic (exact) mass is 810 g/mol. The number of aromatic nitrogens is 2. The van der Waals surface area contributed by atoms with Crippen molar-refractivity contribution in [2.45, 2.75) is 94.8 Å². The second-order valence-corrected chi connectivity index (χ2v) is 17.2. The number of unbranched alkanes of at least 4 members (excludes halogenated alkanes) is 1. The average Bonchev–Trinajstić information content (AvgIpc) is 3.48. The van der Waals surface area contributed by atoms with E-state index in [0.29, 0.717) is 65.9 Å². The number of halogens is 3. The quantitative estimate of drug-likeness (QED) is 0.133. The molecule has 4 aliphatic heterocycles. The first kappa shape index (κ1) is 38.8. The smallest absolute Gasteiger partial charge is 0.282 e. The summed E-state index contributed by atoms with van der Waals surface area (Å²) in [6, 6.07) is 15.0. The number of amides is 3. The number of likely N-dealkylation sites (tertiary alicyclic amines) is 1. The van der Waals surface area contributed by atoms with Gasteiger partial charge in [-0.15, -0.1) is 0 Å². The Labute approximate surface area is 341 Å². The fraction of sp³-hybridized carbons (Fsp3) is 0.489. The van der Waals surface area contributed by atoms with E-state index in [9.17, 15) is 19.2 Å². The van der Waals surface area contributed by atoms with Crippen LogP contribution in [-0.4, -0.2) is 82.9 Å². The topological polar surface area (TPSA) is 99.1 Å². The molecule has 13 heteroatoms. The molecule has 0 atom stereocenters. The number of fused-ring (bicyclic) bond motifs is 7. The van der Waals surface area contributed by atoms with E-state index >= 15 is 8.78 Å². The zero-order valence-electron chi connectivity index (χ0n) is 32.8. The van der Waals surface area contributed by atoms with Gasteiger partial charge in [-0.2, -0.15) is 4.98 Å². The van der Waals surface area contributed by atoms with Crippen LogP contribution in [0.2, 0.25) is 5.02 Å². The maximum absolute atomic E-state index is 15.1. The highest BCUT2D eigenvalue weighted by Gasteiger charge is 2.47. The summed E-state index contributed by atoms with van der Waals surface area (Å²) in [6.45, 7) is 4.71. The molecule has 3 aromatic carbocycles. The van der Waals surface area contributed by atoms with Gasteiger partial charge >= 0.3 is 0 Å². The maximum Gasteiger partial charge on any atom is 0.282 e. The number of nitrogens with zero attached hydrogens (tertiary/aromatic N) is 6. The Morgan fingerprint density at radius 1 is 0.828 bits per heavy atom. The van der Waals surface area contributed by atoms with E-state index in [1.807, 2.05) is 21.9 Å². The van der Waals surface area contributed by atoms with Crippen molar-refractivity contribution in [3.63, 3.8) is 0 Å². The first-order valence-corrected chi connectivity index (χ1v) is 21.5. The molecular formula is C45H49ClF2N6O4. The summed E-state index contributed by atoms with van der Waals surface area (Å²) in [5.41, 5.74) is 3.83. The lowest BCUT2D eigenvalue weighted by atomic mass is 9.69. The molecule has 58 heavy (non-hydrogen) atoms. The number of piperazine rings is 1. The number of anilines is 2. The van der Waals surface area contributed by atoms with Crippen LogP contribution in [0.1, 0.15) is 106 Å². The molecule has 10 nitrogen and oxygen atoms in total. The van der Waals surface area contributed by atoms with Crippen LogP contribution in [0, 0.1) is 11.6 Å². The molecule has 1 aliphatic carbocycles. The molecule has 4 aromatic rings. The van der Waals surface area contributed by atoms with Gasteiger partial charge in [0, 0.05) is 51.1 Å². The highest BCUT2D eigenvalue weighted by Crippen LogP contribution is 2.52. The number of imide groups is 1. The molecule has 304 valence electrons. The molecule has 1 saturated carbocycles. The van der Waals surface area contributed by atoms with Crippen LogP contribution >= 0.6 is 11.6 Å². The van der Waals surface area contributed by atoms with E-state index < -0.39 is 29.1 Å². The first-order valence-electron chi connectivity index (χ1n) is 21.1. The van der Waals surface area contributed by atoms with Crippen LogP contribution in [0.25, 0.3) is 16.6 Å². The predicted molar refractivity (Wildman–Crippen MR) is 220 cm³/mol. The highest BCUT2D eigenvalue weighted by molar-refractivity contribution is 6.35. The minimum absolute atomic E-state index is 0.0779. The Hall–Kier alpha value is -4.68. The summed E-state index contributed by atoms with van der Waals surface area (Å²) >= 11 is 6.58. The normalized spacial score (nSPS) is 19.9. The molecule has 1 aromatic heterocycles. The SMILES string of the molecule is O=C(CCCCN1CCC(c2ccc3c(c2)-n2c(nc(=O)c4c(Cl)cccc42)C32CCCCC2)CC1)N1CCN(c2cc(F)c(N3C(=O)CCCC3=O)c(F)c2)CC1. The predicted octanol–water partition coefficient (Wildman–Crippen LogP) is 7.62. The van der Waals surface area contributed by atoms with Gasteiger partial charge in [-0.1, -0.05) is 49.1 Å². The van der Waals surface area contributed by atoms with Crippen LogP contribution in [0.3, 0.4) is 0 Å². The van der Waals surface area contributed by atoms with Gasteiger partial charge < -0.3 is 14.7 Å². The van der Waals surface area contributed by atoms with Crippen molar-refractivity contribution >= 4 is 51.6 Å². The van der Waals surface area contributed by atoms with Gasteiger partial charge in [-0.3, -0.25) is 23.7 Å². The van der Waals surface area contributed by atoms with Gasteiger partial charge in [0.25, 0.3) is 5.56 Å². The van der Waals surface area contributed by atoms with E-state index in [2.05, 4.69) is 27.7 Å². The van der Waals surface area contributed by atoms with E-state index in [1.54, 1.807) is 6.07 Å². The molecule has 3 saturated heterocycles. The Bertz CT molecular complexity index is 2310. The molecule has 0 bridgehead atoms. The molecule has 5 aliphatic rings. The fourth-order valence-electron chi connectivity index (χ4n) is 10.4. The van der Waals surface area contributed by atoms with Crippen LogP contribution in [-0.2, 0) is 19.8 Å². The molecular weight excluding hydrogens is 762 g/mol. The van der Waals surface area contributed by atoms with E-state index in [4.69, 9.17) is 16.6 Å². The molecule has 0 N–H and O–H groups in total. The Balaban J connectivity index is 0.768. The first-order chi connectivity index (χ1) is 28.1. The van der Waals surface area contributed by atoms with Gasteiger partial charge in [-0.05, 0) is 112 Å². The number of rotatable bonds is 8. The molecule has 0 unspecified atom stereocenters. The Morgan fingerprint density at radius 3 is 2.24 bits per heavy atom. The summed E-state index contributed by atoms with van der Waals surface area (Å²) in [6.07, 6.45) is 10.3. The van der Waals surface area contributed by atoms with Gasteiger partial charge in [0.1, 0.15) is 11.5 Å². The molecule has 1 spiro atoms. The summed E-state index contributed by atoms with van der Waals surface area (Å²) in [5, 5.41) is 0.922. The molecule has 5 heterocycles. The minimum atomic E-state index is -0.944. The third-order valence-corrected chi connectivity index (χ3v) is 13.8. The zero-order chi connectivity index (χ0) is 40.1. The second kappa shape index (κ2) is 15.8. The lowest BCUT2D eigenvalue weighted by Gasteiger charge is -2.36. The van der Waals surface area contributed by atoms with Crippen LogP contribution in [0.15, 0.2) is 53.3 Å². The van der Waals surface area contributed by atoms with Gasteiger partial charge in [0.15, 0.2) is 11.6 Å². The van der Waals surface area contributed by atoms with Crippen molar-refractivity contribution in [1.29, 1.82) is 0 Å². The third-order valence-electron chi connectivity index (χ3n) is 13.5. The van der Waals surface area contributed by atoms with Crippen LogP contribution < -0.4 is 15.4 Å². The van der Waals surface area contributed by atoms with E-state index in [-0.39, 0.29) is 29.7 Å². The van der Waals surface area contributed by atoms with Crippen molar-refractivity contribution in [2.24, 2.45) is 0 Å². The third kappa shape index (κ3) is 6.89. The van der Waals surface area contributed by atoms with Crippen molar-refractivity contribution in [2.75, 3.05) is 55.6 Å². The number of carbonyl (C=O) groups is 3. The molecule has 9 rings (SSSR count). The lowest BCUT2D eigenvalue weighted by Crippen LogP contribution is -2.49. The van der Waals surface area contributed by atoms with Crippen LogP contribution in [0.5, 0.6) is 0 Å². The number of piperidine rings is 2. The highest BCUT2D eigenvalue weighted by atomic mass is 35.5. The fourth-order valence-corrected chi connectivity index (χ4v) is 10.6. The van der Waals surface area contributed by atoms with Gasteiger partial charge in [-0.25, -0.2) is 13.7 Å². The molecule has 4 fully saturated rings. The molecule has 3 amide bonds. The number of carbonyl (C=O) groups excluding carboxylic acids is 3. The standard InChI is InChI=1S/C45H49ClF2N6O4/c46-33-8-6-9-36-41(33)43(58)49-44-45(17-3-1-4-18-45)32-14-13-30(26-37(32)53(36)44)29-15-20-50(21-16-29)19-5-2-10-38(55)52-24-22-51(23-25-52)31-27-34(47)42(35(48)28-31)54-39(56)11-7-12-40(54)57/h6,8-9,13-14,26-29H,1-5,7,10-12,15-25H2. The van der Waals surface area contributed by atoms with E-state index in [0.717, 1.165) is 88.0 Å². The van der Waals surface area contributed by atoms with Gasteiger partial charge in [0.05, 0.1) is 27.0 Å². The van der Waals surface area contributed by atoms with Crippen molar-refractivity contribution < 1.29 is 23.2 Å². The summed E-state index contributed by atoms with van der Waals surface area (Å²) in [5.74, 6) is -1.67.